The maximum Gasteiger partial charge on any atom is 0.252 e. The van der Waals surface area contributed by atoms with E-state index in [1.165, 1.54) is 19.3 Å². The lowest BCUT2D eigenvalue weighted by Gasteiger charge is -2.29. The van der Waals surface area contributed by atoms with Crippen LogP contribution in [0.5, 0.6) is 0 Å². The largest absolute Gasteiger partial charge is 0.353 e. The number of hydrogen-bond acceptors (Lipinski definition) is 4. The zero-order chi connectivity index (χ0) is 15.7. The van der Waals surface area contributed by atoms with Crippen molar-refractivity contribution in [2.75, 3.05) is 0 Å². The highest BCUT2D eigenvalue weighted by Gasteiger charge is 2.23. The second kappa shape index (κ2) is 6.02. The number of carbonyl (C=O) groups excluding carboxylic acids is 1. The average Bonchev–Trinajstić information content (AvgIpc) is 2.84. The van der Waals surface area contributed by atoms with Crippen molar-refractivity contribution in [3.05, 3.63) is 23.3 Å². The van der Waals surface area contributed by atoms with E-state index in [2.05, 4.69) is 27.3 Å². The Bertz CT molecular complexity index is 693. The van der Waals surface area contributed by atoms with Crippen LogP contribution in [0.15, 0.2) is 6.07 Å². The summed E-state index contributed by atoms with van der Waals surface area (Å²) in [6.45, 7) is 6.10. The zero-order valence-corrected chi connectivity index (χ0v) is 13.5. The van der Waals surface area contributed by atoms with Gasteiger partial charge in [0.15, 0.2) is 5.82 Å². The highest BCUT2D eigenvalue weighted by atomic mass is 16.1. The number of rotatable bonds is 3. The first kappa shape index (κ1) is 14.9. The SMILES string of the molecule is Cc1cc(C)n2nc(CC(=O)NC3CCCCC3C)nc2n1. The fourth-order valence-electron chi connectivity index (χ4n) is 3.21. The number of aromatic nitrogens is 4. The molecular formula is C16H23N5O. The van der Waals surface area contributed by atoms with E-state index in [1.807, 2.05) is 19.9 Å². The van der Waals surface area contributed by atoms with Crippen LogP contribution < -0.4 is 5.32 Å². The third kappa shape index (κ3) is 3.10. The van der Waals surface area contributed by atoms with E-state index in [0.717, 1.165) is 17.8 Å². The summed E-state index contributed by atoms with van der Waals surface area (Å²) in [6, 6.07) is 2.25. The molecule has 0 saturated heterocycles. The molecule has 0 aliphatic heterocycles. The molecule has 6 heteroatoms. The molecule has 0 aromatic carbocycles. The maximum absolute atomic E-state index is 12.2. The highest BCUT2D eigenvalue weighted by molar-refractivity contribution is 5.78. The van der Waals surface area contributed by atoms with Crippen molar-refractivity contribution >= 4 is 11.7 Å². The number of carbonyl (C=O) groups is 1. The van der Waals surface area contributed by atoms with Crippen molar-refractivity contribution in [1.29, 1.82) is 0 Å². The third-order valence-electron chi connectivity index (χ3n) is 4.44. The van der Waals surface area contributed by atoms with Crippen LogP contribution in [0, 0.1) is 19.8 Å². The molecule has 1 saturated carbocycles. The first-order valence-corrected chi connectivity index (χ1v) is 8.02. The molecule has 22 heavy (non-hydrogen) atoms. The van der Waals surface area contributed by atoms with Crippen molar-refractivity contribution in [2.45, 2.75) is 58.9 Å². The summed E-state index contributed by atoms with van der Waals surface area (Å²) in [7, 11) is 0. The second-order valence-electron chi connectivity index (χ2n) is 6.39. The van der Waals surface area contributed by atoms with Gasteiger partial charge < -0.3 is 5.32 Å². The maximum atomic E-state index is 12.2. The highest BCUT2D eigenvalue weighted by Crippen LogP contribution is 2.23. The van der Waals surface area contributed by atoms with Gasteiger partial charge in [-0.1, -0.05) is 19.8 Å². The molecule has 2 heterocycles. The first-order chi connectivity index (χ1) is 10.5. The van der Waals surface area contributed by atoms with Gasteiger partial charge in [0.1, 0.15) is 0 Å². The predicted octanol–water partition coefficient (Wildman–Crippen LogP) is 1.98. The van der Waals surface area contributed by atoms with Crippen molar-refractivity contribution in [3.63, 3.8) is 0 Å². The molecule has 0 bridgehead atoms. The number of amides is 1. The molecule has 2 aromatic heterocycles. The fraction of sp³-hybridized carbons (Fsp3) is 0.625. The van der Waals surface area contributed by atoms with E-state index in [9.17, 15) is 4.79 Å². The quantitative estimate of drug-likeness (QED) is 0.941. The number of nitrogens with zero attached hydrogens (tertiary/aromatic N) is 4. The van der Waals surface area contributed by atoms with Crippen LogP contribution in [-0.2, 0) is 11.2 Å². The van der Waals surface area contributed by atoms with E-state index in [-0.39, 0.29) is 12.3 Å². The van der Waals surface area contributed by atoms with E-state index in [0.29, 0.717) is 23.6 Å². The minimum Gasteiger partial charge on any atom is -0.353 e. The van der Waals surface area contributed by atoms with Crippen LogP contribution in [0.25, 0.3) is 5.78 Å². The second-order valence-corrected chi connectivity index (χ2v) is 6.39. The van der Waals surface area contributed by atoms with Crippen molar-refractivity contribution < 1.29 is 4.79 Å². The summed E-state index contributed by atoms with van der Waals surface area (Å²) in [6.07, 6.45) is 4.95. The number of aryl methyl sites for hydroxylation is 2. The lowest BCUT2D eigenvalue weighted by molar-refractivity contribution is -0.121. The van der Waals surface area contributed by atoms with Crippen LogP contribution in [0.1, 0.15) is 49.8 Å². The molecule has 1 amide bonds. The van der Waals surface area contributed by atoms with Gasteiger partial charge in [0.2, 0.25) is 5.91 Å². The predicted molar refractivity (Wildman–Crippen MR) is 83.5 cm³/mol. The summed E-state index contributed by atoms with van der Waals surface area (Å²) in [4.78, 5) is 21.0. The smallest absolute Gasteiger partial charge is 0.252 e. The Morgan fingerprint density at radius 3 is 2.86 bits per heavy atom. The molecule has 1 aliphatic carbocycles. The lowest BCUT2D eigenvalue weighted by Crippen LogP contribution is -2.41. The summed E-state index contributed by atoms with van der Waals surface area (Å²) in [5.74, 6) is 1.65. The number of nitrogens with one attached hydrogen (secondary N) is 1. The van der Waals surface area contributed by atoms with Crippen LogP contribution in [0.2, 0.25) is 0 Å². The first-order valence-electron chi connectivity index (χ1n) is 8.02. The molecule has 3 rings (SSSR count). The average molecular weight is 301 g/mol. The van der Waals surface area contributed by atoms with Gasteiger partial charge in [0.25, 0.3) is 5.78 Å². The molecule has 0 spiro atoms. The Hall–Kier alpha value is -1.98. The Morgan fingerprint density at radius 1 is 1.32 bits per heavy atom. The van der Waals surface area contributed by atoms with Gasteiger partial charge in [-0.2, -0.15) is 4.98 Å². The molecule has 1 fully saturated rings. The molecule has 6 nitrogen and oxygen atoms in total. The van der Waals surface area contributed by atoms with E-state index < -0.39 is 0 Å². The van der Waals surface area contributed by atoms with E-state index in [4.69, 9.17) is 0 Å². The van der Waals surface area contributed by atoms with Crippen LogP contribution in [-0.4, -0.2) is 31.5 Å². The Morgan fingerprint density at radius 2 is 2.09 bits per heavy atom. The molecular weight excluding hydrogens is 278 g/mol. The lowest BCUT2D eigenvalue weighted by atomic mass is 9.86. The summed E-state index contributed by atoms with van der Waals surface area (Å²) >= 11 is 0. The monoisotopic (exact) mass is 301 g/mol. The molecule has 2 atom stereocenters. The Balaban J connectivity index is 1.70. The summed E-state index contributed by atoms with van der Waals surface area (Å²) < 4.78 is 1.69. The molecule has 1 aliphatic rings. The minimum atomic E-state index is 0.00373. The fourth-order valence-corrected chi connectivity index (χ4v) is 3.21. The standard InChI is InChI=1S/C16H23N5O/c1-10-6-4-5-7-13(10)18-15(22)9-14-19-16-17-11(2)8-12(3)21(16)20-14/h8,10,13H,4-7,9H2,1-3H3,(H,18,22). The van der Waals surface area contributed by atoms with Gasteiger partial charge >= 0.3 is 0 Å². The minimum absolute atomic E-state index is 0.00373. The van der Waals surface area contributed by atoms with Gasteiger partial charge in [-0.05, 0) is 38.7 Å². The summed E-state index contributed by atoms with van der Waals surface area (Å²) in [5, 5.41) is 7.53. The van der Waals surface area contributed by atoms with Gasteiger partial charge in [-0.15, -0.1) is 5.10 Å². The van der Waals surface area contributed by atoms with Crippen molar-refractivity contribution in [2.24, 2.45) is 5.92 Å². The van der Waals surface area contributed by atoms with E-state index in [1.54, 1.807) is 4.52 Å². The molecule has 2 unspecified atom stereocenters. The third-order valence-corrected chi connectivity index (χ3v) is 4.44. The van der Waals surface area contributed by atoms with Crippen LogP contribution >= 0.6 is 0 Å². The van der Waals surface area contributed by atoms with Gasteiger partial charge in [0.05, 0.1) is 6.42 Å². The number of hydrogen-bond donors (Lipinski definition) is 1. The Labute approximate surface area is 130 Å². The zero-order valence-electron chi connectivity index (χ0n) is 13.5. The van der Waals surface area contributed by atoms with Gasteiger partial charge in [-0.3, -0.25) is 4.79 Å². The van der Waals surface area contributed by atoms with Gasteiger partial charge in [0, 0.05) is 17.4 Å². The molecule has 2 aromatic rings. The molecule has 118 valence electrons. The van der Waals surface area contributed by atoms with Crippen molar-refractivity contribution in [1.82, 2.24) is 24.9 Å². The molecule has 1 N–H and O–H groups in total. The summed E-state index contributed by atoms with van der Waals surface area (Å²) in [5.41, 5.74) is 1.88. The normalized spacial score (nSPS) is 22.0. The van der Waals surface area contributed by atoms with Crippen LogP contribution in [0.3, 0.4) is 0 Å². The van der Waals surface area contributed by atoms with Gasteiger partial charge in [-0.25, -0.2) is 9.50 Å². The Kier molecular flexibility index (Phi) is 4.09. The topological polar surface area (TPSA) is 72.2 Å². The van der Waals surface area contributed by atoms with Crippen molar-refractivity contribution in [3.8, 4) is 0 Å². The van der Waals surface area contributed by atoms with E-state index >= 15 is 0 Å². The molecule has 0 radical (unpaired) electrons. The van der Waals surface area contributed by atoms with Crippen LogP contribution in [0.4, 0.5) is 0 Å². The number of fused-ring (bicyclic) bond motifs is 1.